The first-order valence-corrected chi connectivity index (χ1v) is 9.55. The molecule has 0 bridgehead atoms. The maximum absolute atomic E-state index is 12.3. The third-order valence-electron chi connectivity index (χ3n) is 4.85. The molecule has 5 nitrogen and oxygen atoms in total. The monoisotopic (exact) mass is 427 g/mol. The number of carboxylic acid groups (broad SMARTS) is 1. The number of halogens is 2. The van der Waals surface area contributed by atoms with Crippen molar-refractivity contribution < 1.29 is 19.4 Å². The number of carbonyl (C=O) groups excluding carboxylic acids is 1. The van der Waals surface area contributed by atoms with E-state index in [2.05, 4.69) is 17.4 Å². The van der Waals surface area contributed by atoms with Crippen LogP contribution in [-0.2, 0) is 4.74 Å². The number of carbonyl (C=O) groups is 2. The van der Waals surface area contributed by atoms with Gasteiger partial charge in [0.2, 0.25) is 0 Å². The third-order valence-corrected chi connectivity index (χ3v) is 5.65. The number of anilines is 1. The molecule has 0 radical (unpaired) electrons. The fraction of sp³-hybridized carbons (Fsp3) is 0.0909. The summed E-state index contributed by atoms with van der Waals surface area (Å²) in [6, 6.07) is 18.6. The maximum atomic E-state index is 12.3. The predicted molar refractivity (Wildman–Crippen MR) is 112 cm³/mol. The molecule has 2 N–H and O–H groups in total. The van der Waals surface area contributed by atoms with Crippen LogP contribution in [0.4, 0.5) is 10.5 Å². The van der Waals surface area contributed by atoms with Gasteiger partial charge in [-0.25, -0.2) is 9.59 Å². The number of hydrogen-bond donors (Lipinski definition) is 2. The van der Waals surface area contributed by atoms with Gasteiger partial charge in [0.15, 0.2) is 0 Å². The largest absolute Gasteiger partial charge is 0.478 e. The van der Waals surface area contributed by atoms with E-state index in [1.165, 1.54) is 12.1 Å². The molecule has 4 rings (SSSR count). The highest BCUT2D eigenvalue weighted by Gasteiger charge is 2.29. The van der Waals surface area contributed by atoms with E-state index in [0.717, 1.165) is 22.3 Å². The van der Waals surface area contributed by atoms with E-state index in [0.29, 0.717) is 0 Å². The fourth-order valence-corrected chi connectivity index (χ4v) is 3.98. The summed E-state index contributed by atoms with van der Waals surface area (Å²) in [6.45, 7) is 0.146. The molecule has 0 atom stereocenters. The van der Waals surface area contributed by atoms with Crippen molar-refractivity contribution in [1.29, 1.82) is 0 Å². The van der Waals surface area contributed by atoms with Crippen LogP contribution in [0.1, 0.15) is 27.4 Å². The first-order chi connectivity index (χ1) is 14.0. The normalized spacial score (nSPS) is 12.2. The van der Waals surface area contributed by atoms with Gasteiger partial charge in [-0.2, -0.15) is 0 Å². The number of fused-ring (bicyclic) bond motifs is 3. The number of amides is 1. The Morgan fingerprint density at radius 3 is 2.14 bits per heavy atom. The molecule has 0 fully saturated rings. The molecule has 1 aliphatic carbocycles. The van der Waals surface area contributed by atoms with Gasteiger partial charge in [0, 0.05) is 11.6 Å². The highest BCUT2D eigenvalue weighted by molar-refractivity contribution is 6.44. The molecular weight excluding hydrogens is 413 g/mol. The summed E-state index contributed by atoms with van der Waals surface area (Å²) in [5, 5.41) is 11.6. The van der Waals surface area contributed by atoms with Crippen LogP contribution >= 0.6 is 23.2 Å². The number of benzene rings is 3. The van der Waals surface area contributed by atoms with Crippen molar-refractivity contribution >= 4 is 41.0 Å². The van der Waals surface area contributed by atoms with Crippen LogP contribution in [0, 0.1) is 0 Å². The molecule has 0 heterocycles. The Morgan fingerprint density at radius 1 is 0.966 bits per heavy atom. The lowest BCUT2D eigenvalue weighted by Gasteiger charge is -2.15. The number of nitrogens with one attached hydrogen (secondary N) is 1. The number of ether oxygens (including phenoxy) is 1. The standard InChI is InChI=1S/C22H15Cl2NO4/c23-19-10-12(9-17(20(19)24)21(26)27)25-22(28)29-11-18-15-7-3-1-5-13(15)14-6-2-4-8-16(14)18/h1-10,18H,11H2,(H,25,28)(H,26,27). The molecule has 0 aromatic heterocycles. The average Bonchev–Trinajstić information content (AvgIpc) is 3.03. The summed E-state index contributed by atoms with van der Waals surface area (Å²) in [7, 11) is 0. The number of rotatable bonds is 4. The van der Waals surface area contributed by atoms with E-state index < -0.39 is 12.1 Å². The van der Waals surface area contributed by atoms with Gasteiger partial charge in [-0.1, -0.05) is 71.7 Å². The zero-order valence-corrected chi connectivity index (χ0v) is 16.5. The topological polar surface area (TPSA) is 75.6 Å². The summed E-state index contributed by atoms with van der Waals surface area (Å²) in [5.74, 6) is -1.32. The van der Waals surface area contributed by atoms with E-state index in [-0.39, 0.29) is 33.8 Å². The smallest absolute Gasteiger partial charge is 0.411 e. The second-order valence-electron chi connectivity index (χ2n) is 6.58. The molecule has 7 heteroatoms. The zero-order valence-electron chi connectivity index (χ0n) is 15.0. The minimum atomic E-state index is -1.24. The van der Waals surface area contributed by atoms with Crippen LogP contribution < -0.4 is 5.32 Å². The summed E-state index contributed by atoms with van der Waals surface area (Å²) >= 11 is 11.8. The lowest BCUT2D eigenvalue weighted by Crippen LogP contribution is -2.18. The van der Waals surface area contributed by atoms with Crippen LogP contribution in [0.25, 0.3) is 11.1 Å². The first-order valence-electron chi connectivity index (χ1n) is 8.80. The van der Waals surface area contributed by atoms with Crippen LogP contribution in [0.2, 0.25) is 10.0 Å². The molecule has 0 unspecified atom stereocenters. The Balaban J connectivity index is 1.51. The predicted octanol–water partition coefficient (Wildman–Crippen LogP) is 6.05. The SMILES string of the molecule is O=C(Nc1cc(Cl)c(Cl)c(C(=O)O)c1)OCC1c2ccccc2-c2ccccc21. The van der Waals surface area contributed by atoms with Crippen LogP contribution in [-0.4, -0.2) is 23.8 Å². The van der Waals surface area contributed by atoms with Gasteiger partial charge in [0.25, 0.3) is 0 Å². The van der Waals surface area contributed by atoms with Gasteiger partial charge < -0.3 is 9.84 Å². The lowest BCUT2D eigenvalue weighted by atomic mass is 9.98. The van der Waals surface area contributed by atoms with Gasteiger partial charge >= 0.3 is 12.1 Å². The number of aromatic carboxylic acids is 1. The number of carboxylic acids is 1. The molecular formula is C22H15Cl2NO4. The van der Waals surface area contributed by atoms with Gasteiger partial charge in [-0.3, -0.25) is 5.32 Å². The molecule has 0 saturated heterocycles. The summed E-state index contributed by atoms with van der Waals surface area (Å²) < 4.78 is 5.44. The maximum Gasteiger partial charge on any atom is 0.411 e. The van der Waals surface area contributed by atoms with Gasteiger partial charge in [0.1, 0.15) is 6.61 Å². The number of hydrogen-bond acceptors (Lipinski definition) is 3. The summed E-state index contributed by atoms with van der Waals surface area (Å²) in [5.41, 5.74) is 4.45. The molecule has 1 amide bonds. The Labute approximate surface area is 176 Å². The minimum absolute atomic E-state index is 0.0283. The molecule has 3 aromatic carbocycles. The molecule has 146 valence electrons. The van der Waals surface area contributed by atoms with Crippen LogP contribution in [0.15, 0.2) is 60.7 Å². The van der Waals surface area contributed by atoms with Crippen molar-refractivity contribution in [3.63, 3.8) is 0 Å². The van der Waals surface area contributed by atoms with Crippen molar-refractivity contribution in [2.75, 3.05) is 11.9 Å². The average molecular weight is 428 g/mol. The van der Waals surface area contributed by atoms with Gasteiger partial charge in [0.05, 0.1) is 15.6 Å². The Hall–Kier alpha value is -3.02. The molecule has 1 aliphatic rings. The van der Waals surface area contributed by atoms with Crippen molar-refractivity contribution in [3.8, 4) is 11.1 Å². The third kappa shape index (κ3) is 3.67. The lowest BCUT2D eigenvalue weighted by molar-refractivity contribution is 0.0697. The second kappa shape index (κ2) is 7.78. The van der Waals surface area contributed by atoms with Crippen LogP contribution in [0.3, 0.4) is 0 Å². The van der Waals surface area contributed by atoms with Crippen molar-refractivity contribution in [2.45, 2.75) is 5.92 Å². The quantitative estimate of drug-likeness (QED) is 0.530. The van der Waals surface area contributed by atoms with E-state index in [1.807, 2.05) is 36.4 Å². The second-order valence-corrected chi connectivity index (χ2v) is 7.36. The highest BCUT2D eigenvalue weighted by Crippen LogP contribution is 2.44. The van der Waals surface area contributed by atoms with E-state index in [4.69, 9.17) is 27.9 Å². The Morgan fingerprint density at radius 2 is 1.55 bits per heavy atom. The van der Waals surface area contributed by atoms with E-state index in [9.17, 15) is 14.7 Å². The first kappa shape index (κ1) is 19.3. The van der Waals surface area contributed by atoms with Gasteiger partial charge in [-0.15, -0.1) is 0 Å². The minimum Gasteiger partial charge on any atom is -0.478 e. The van der Waals surface area contributed by atoms with Crippen LogP contribution in [0.5, 0.6) is 0 Å². The molecule has 0 spiro atoms. The van der Waals surface area contributed by atoms with Crippen molar-refractivity contribution in [2.24, 2.45) is 0 Å². The van der Waals surface area contributed by atoms with E-state index >= 15 is 0 Å². The molecule has 3 aromatic rings. The fourth-order valence-electron chi connectivity index (χ4n) is 3.57. The van der Waals surface area contributed by atoms with Crippen molar-refractivity contribution in [1.82, 2.24) is 0 Å². The Bertz CT molecular complexity index is 1080. The van der Waals surface area contributed by atoms with E-state index in [1.54, 1.807) is 0 Å². The zero-order chi connectivity index (χ0) is 20.5. The van der Waals surface area contributed by atoms with Gasteiger partial charge in [-0.05, 0) is 34.4 Å². The summed E-state index contributed by atoms with van der Waals surface area (Å²) in [4.78, 5) is 23.6. The van der Waals surface area contributed by atoms with Crippen molar-refractivity contribution in [3.05, 3.63) is 87.4 Å². The highest BCUT2D eigenvalue weighted by atomic mass is 35.5. The Kier molecular flexibility index (Phi) is 5.18. The molecule has 29 heavy (non-hydrogen) atoms. The summed E-state index contributed by atoms with van der Waals surface area (Å²) in [6.07, 6.45) is -0.707. The molecule has 0 saturated carbocycles. The molecule has 0 aliphatic heterocycles.